The highest BCUT2D eigenvalue weighted by molar-refractivity contribution is 9.10. The third-order valence-electron chi connectivity index (χ3n) is 2.91. The van der Waals surface area contributed by atoms with Crippen molar-refractivity contribution in [1.82, 2.24) is 5.32 Å². The molecule has 6 heteroatoms. The highest BCUT2D eigenvalue weighted by Gasteiger charge is 2.22. The van der Waals surface area contributed by atoms with Gasteiger partial charge < -0.3 is 10.1 Å². The highest BCUT2D eigenvalue weighted by Crippen LogP contribution is 2.40. The minimum absolute atomic E-state index is 0.0521. The molecule has 1 N–H and O–H groups in total. The van der Waals surface area contributed by atoms with Crippen LogP contribution in [0.25, 0.3) is 0 Å². The lowest BCUT2D eigenvalue weighted by atomic mass is 10.00. The Labute approximate surface area is 141 Å². The molecule has 0 aliphatic carbocycles. The first kappa shape index (κ1) is 16.1. The Bertz CT molecular complexity index is 603. The van der Waals surface area contributed by atoms with Crippen molar-refractivity contribution in [1.29, 1.82) is 0 Å². The molecule has 20 heavy (non-hydrogen) atoms. The van der Waals surface area contributed by atoms with Crippen LogP contribution in [0.5, 0.6) is 5.75 Å². The Morgan fingerprint density at radius 1 is 1.30 bits per heavy atom. The molecule has 0 saturated heterocycles. The van der Waals surface area contributed by atoms with E-state index < -0.39 is 0 Å². The number of hydrogen-bond acceptors (Lipinski definition) is 3. The van der Waals surface area contributed by atoms with E-state index in [1.165, 1.54) is 11.3 Å². The molecule has 1 unspecified atom stereocenters. The van der Waals surface area contributed by atoms with Gasteiger partial charge in [-0.1, -0.05) is 46.1 Å². The van der Waals surface area contributed by atoms with Crippen molar-refractivity contribution in [3.8, 4) is 5.75 Å². The second-order valence-electron chi connectivity index (χ2n) is 4.16. The van der Waals surface area contributed by atoms with Crippen molar-refractivity contribution in [2.45, 2.75) is 13.0 Å². The molecular weight excluding hydrogens is 381 g/mol. The van der Waals surface area contributed by atoms with Crippen LogP contribution in [-0.2, 0) is 0 Å². The molecule has 0 aliphatic heterocycles. The van der Waals surface area contributed by atoms with Crippen LogP contribution >= 0.6 is 50.5 Å². The summed E-state index contributed by atoms with van der Waals surface area (Å²) < 4.78 is 7.84. The molecule has 2 rings (SSSR count). The van der Waals surface area contributed by atoms with E-state index in [9.17, 15) is 0 Å². The van der Waals surface area contributed by atoms with E-state index in [4.69, 9.17) is 27.9 Å². The average molecular weight is 395 g/mol. The fraction of sp³-hybridized carbons (Fsp3) is 0.286. The van der Waals surface area contributed by atoms with Crippen molar-refractivity contribution in [2.75, 3.05) is 13.7 Å². The maximum absolute atomic E-state index is 6.30. The molecule has 1 atom stereocenters. The third kappa shape index (κ3) is 3.49. The molecule has 0 bridgehead atoms. The lowest BCUT2D eigenvalue weighted by Crippen LogP contribution is -2.22. The van der Waals surface area contributed by atoms with E-state index >= 15 is 0 Å². The quantitative estimate of drug-likeness (QED) is 0.720. The van der Waals surface area contributed by atoms with Crippen LogP contribution in [0.15, 0.2) is 28.7 Å². The lowest BCUT2D eigenvalue weighted by Gasteiger charge is -2.21. The zero-order chi connectivity index (χ0) is 14.7. The Morgan fingerprint density at radius 3 is 2.60 bits per heavy atom. The summed E-state index contributed by atoms with van der Waals surface area (Å²) in [4.78, 5) is 0. The zero-order valence-electron chi connectivity index (χ0n) is 11.0. The predicted octanol–water partition coefficient (Wildman–Crippen LogP) is 5.52. The molecule has 1 aromatic heterocycles. The van der Waals surface area contributed by atoms with Gasteiger partial charge in [0, 0.05) is 15.6 Å². The standard InChI is InChI=1S/C14H14BrCl2NOS/c1-3-18-13(10-7-12(16)20-14(10)17)9-6-8(15)4-5-11(9)19-2/h4-7,13,18H,3H2,1-2H3. The third-order valence-corrected chi connectivity index (χ3v) is 4.92. The first-order chi connectivity index (χ1) is 9.56. The number of nitrogens with one attached hydrogen (secondary N) is 1. The van der Waals surface area contributed by atoms with Gasteiger partial charge in [0.15, 0.2) is 0 Å². The molecule has 2 aromatic rings. The molecule has 0 fully saturated rings. The fourth-order valence-electron chi connectivity index (χ4n) is 2.07. The van der Waals surface area contributed by atoms with Crippen molar-refractivity contribution in [2.24, 2.45) is 0 Å². The maximum Gasteiger partial charge on any atom is 0.124 e. The second-order valence-corrected chi connectivity index (χ2v) is 7.36. The van der Waals surface area contributed by atoms with Crippen LogP contribution < -0.4 is 10.1 Å². The average Bonchev–Trinajstić information content (AvgIpc) is 2.75. The van der Waals surface area contributed by atoms with Crippen molar-refractivity contribution >= 4 is 50.5 Å². The summed E-state index contributed by atoms with van der Waals surface area (Å²) in [6, 6.07) is 7.78. The lowest BCUT2D eigenvalue weighted by molar-refractivity contribution is 0.404. The van der Waals surface area contributed by atoms with Gasteiger partial charge in [0.25, 0.3) is 0 Å². The van der Waals surface area contributed by atoms with Crippen molar-refractivity contribution in [3.63, 3.8) is 0 Å². The Hall–Kier alpha value is -0.260. The molecule has 0 spiro atoms. The summed E-state index contributed by atoms with van der Waals surface area (Å²) >= 11 is 17.2. The van der Waals surface area contributed by atoms with Gasteiger partial charge in [-0.3, -0.25) is 0 Å². The van der Waals surface area contributed by atoms with E-state index in [2.05, 4.69) is 28.2 Å². The molecule has 2 nitrogen and oxygen atoms in total. The first-order valence-corrected chi connectivity index (χ1v) is 8.45. The Kier molecular flexibility index (Phi) is 5.75. The smallest absolute Gasteiger partial charge is 0.124 e. The number of hydrogen-bond donors (Lipinski definition) is 1. The Balaban J connectivity index is 2.53. The largest absolute Gasteiger partial charge is 0.496 e. The minimum atomic E-state index is -0.0521. The summed E-state index contributed by atoms with van der Waals surface area (Å²) in [5, 5.41) is 3.43. The van der Waals surface area contributed by atoms with Gasteiger partial charge in [0.05, 0.1) is 21.8 Å². The summed E-state index contributed by atoms with van der Waals surface area (Å²) in [7, 11) is 1.66. The van der Waals surface area contributed by atoms with Crippen molar-refractivity contribution in [3.05, 3.63) is 48.5 Å². The van der Waals surface area contributed by atoms with Gasteiger partial charge in [-0.25, -0.2) is 0 Å². The molecule has 1 heterocycles. The maximum atomic E-state index is 6.30. The first-order valence-electron chi connectivity index (χ1n) is 6.08. The Morgan fingerprint density at radius 2 is 2.05 bits per heavy atom. The molecular formula is C14H14BrCl2NOS. The number of benzene rings is 1. The predicted molar refractivity (Wildman–Crippen MR) is 90.6 cm³/mol. The van der Waals surface area contributed by atoms with Crippen LogP contribution in [0.4, 0.5) is 0 Å². The van der Waals surface area contributed by atoms with E-state index in [1.54, 1.807) is 7.11 Å². The minimum Gasteiger partial charge on any atom is -0.496 e. The number of methoxy groups -OCH3 is 1. The summed E-state index contributed by atoms with van der Waals surface area (Å²) in [5.41, 5.74) is 2.00. The number of halogens is 3. The number of thiophene rings is 1. The summed E-state index contributed by atoms with van der Waals surface area (Å²) in [6.45, 7) is 2.86. The molecule has 0 aliphatic rings. The fourth-order valence-corrected chi connectivity index (χ4v) is 3.98. The molecule has 0 amide bonds. The summed E-state index contributed by atoms with van der Waals surface area (Å²) in [5.74, 6) is 0.817. The van der Waals surface area contributed by atoms with Crippen molar-refractivity contribution < 1.29 is 4.74 Å². The van der Waals surface area contributed by atoms with Crippen LogP contribution in [0.1, 0.15) is 24.1 Å². The molecule has 0 radical (unpaired) electrons. The van der Waals surface area contributed by atoms with Crippen LogP contribution in [0.2, 0.25) is 8.67 Å². The van der Waals surface area contributed by atoms with Gasteiger partial charge >= 0.3 is 0 Å². The van der Waals surface area contributed by atoms with Crippen LogP contribution in [0.3, 0.4) is 0 Å². The van der Waals surface area contributed by atoms with Gasteiger partial charge in [0.1, 0.15) is 5.75 Å². The van der Waals surface area contributed by atoms with Gasteiger partial charge in [-0.15, -0.1) is 11.3 Å². The second kappa shape index (κ2) is 7.14. The van der Waals surface area contributed by atoms with Gasteiger partial charge in [0.2, 0.25) is 0 Å². The number of ether oxygens (including phenoxy) is 1. The van der Waals surface area contributed by atoms with Gasteiger partial charge in [-0.05, 0) is 30.8 Å². The SMILES string of the molecule is CCNC(c1cc(Br)ccc1OC)c1cc(Cl)sc1Cl. The number of rotatable bonds is 5. The van der Waals surface area contributed by atoms with E-state index in [1.807, 2.05) is 24.3 Å². The highest BCUT2D eigenvalue weighted by atomic mass is 79.9. The van der Waals surface area contributed by atoms with Gasteiger partial charge in [-0.2, -0.15) is 0 Å². The van der Waals surface area contributed by atoms with E-state index in [0.717, 1.165) is 27.9 Å². The summed E-state index contributed by atoms with van der Waals surface area (Å²) in [6.07, 6.45) is 0. The molecule has 108 valence electrons. The van der Waals surface area contributed by atoms with E-state index in [0.29, 0.717) is 8.67 Å². The van der Waals surface area contributed by atoms with Crippen LogP contribution in [-0.4, -0.2) is 13.7 Å². The zero-order valence-corrected chi connectivity index (χ0v) is 15.0. The van der Waals surface area contributed by atoms with Crippen LogP contribution in [0, 0.1) is 0 Å². The monoisotopic (exact) mass is 393 g/mol. The molecule has 0 saturated carbocycles. The topological polar surface area (TPSA) is 21.3 Å². The normalized spacial score (nSPS) is 12.4. The molecule has 1 aromatic carbocycles. The van der Waals surface area contributed by atoms with E-state index in [-0.39, 0.29) is 6.04 Å².